The molecule has 156 valence electrons. The zero-order chi connectivity index (χ0) is 21.8. The van der Waals surface area contributed by atoms with E-state index >= 15 is 0 Å². The molecule has 0 radical (unpaired) electrons. The van der Waals surface area contributed by atoms with Gasteiger partial charge in [-0.05, 0) is 78.9 Å². The molecule has 0 aliphatic carbocycles. The van der Waals surface area contributed by atoms with Gasteiger partial charge in [-0.15, -0.1) is 0 Å². The van der Waals surface area contributed by atoms with Gasteiger partial charge < -0.3 is 14.8 Å². The molecule has 6 nitrogen and oxygen atoms in total. The minimum Gasteiger partial charge on any atom is -0.497 e. The molecule has 31 heavy (non-hydrogen) atoms. The molecule has 3 aromatic carbocycles. The third-order valence-electron chi connectivity index (χ3n) is 4.75. The zero-order valence-electron chi connectivity index (χ0n) is 17.0. The average Bonchev–Trinajstić information content (AvgIpc) is 3.26. The fraction of sp³-hybridized carbons (Fsp3) is 0.0833. The van der Waals surface area contributed by atoms with Crippen molar-refractivity contribution in [1.29, 1.82) is 0 Å². The average molecular weight is 417 g/mol. The van der Waals surface area contributed by atoms with Gasteiger partial charge in [0.2, 0.25) is 0 Å². The smallest absolute Gasteiger partial charge is 0.274 e. The molecule has 0 saturated carbocycles. The normalized spacial score (nSPS) is 10.5. The first kappa shape index (κ1) is 20.2. The lowest BCUT2D eigenvalue weighted by Gasteiger charge is -2.09. The number of benzene rings is 3. The molecule has 0 saturated heterocycles. The third kappa shape index (κ3) is 4.40. The van der Waals surface area contributed by atoms with Crippen LogP contribution in [-0.2, 0) is 0 Å². The van der Waals surface area contributed by atoms with Crippen LogP contribution in [0.15, 0.2) is 78.9 Å². The van der Waals surface area contributed by atoms with Crippen molar-refractivity contribution in [2.24, 2.45) is 0 Å². The number of hydrogen-bond acceptors (Lipinski definition) is 4. The van der Waals surface area contributed by atoms with Crippen LogP contribution in [0.4, 0.5) is 10.1 Å². The molecule has 7 heteroatoms. The summed E-state index contributed by atoms with van der Waals surface area (Å²) in [5, 5.41) is 7.44. The molecule has 4 aromatic rings. The van der Waals surface area contributed by atoms with E-state index < -0.39 is 0 Å². The van der Waals surface area contributed by atoms with Crippen molar-refractivity contribution in [1.82, 2.24) is 9.78 Å². The van der Waals surface area contributed by atoms with E-state index in [4.69, 9.17) is 9.47 Å². The molecule has 1 aromatic heterocycles. The van der Waals surface area contributed by atoms with Crippen molar-refractivity contribution in [3.8, 4) is 28.4 Å². The molecular weight excluding hydrogens is 397 g/mol. The van der Waals surface area contributed by atoms with Gasteiger partial charge in [-0.1, -0.05) is 0 Å². The minimum atomic E-state index is -0.372. The van der Waals surface area contributed by atoms with Crippen molar-refractivity contribution in [3.05, 3.63) is 90.4 Å². The number of halogens is 1. The van der Waals surface area contributed by atoms with Gasteiger partial charge in [0, 0.05) is 11.3 Å². The number of nitrogens with zero attached hydrogens (tertiary/aromatic N) is 2. The van der Waals surface area contributed by atoms with E-state index in [-0.39, 0.29) is 11.7 Å². The van der Waals surface area contributed by atoms with Crippen molar-refractivity contribution in [2.45, 2.75) is 0 Å². The summed E-state index contributed by atoms with van der Waals surface area (Å²) < 4.78 is 25.2. The highest BCUT2D eigenvalue weighted by atomic mass is 19.1. The number of aromatic nitrogens is 2. The lowest BCUT2D eigenvalue weighted by atomic mass is 10.1. The van der Waals surface area contributed by atoms with E-state index in [2.05, 4.69) is 10.4 Å². The SMILES string of the molecule is COc1ccc(-c2cc(C(=O)Nc3ccc(F)cc3)n(-c3ccc(OC)cc3)n2)cc1. The van der Waals surface area contributed by atoms with E-state index in [9.17, 15) is 9.18 Å². The second-order valence-electron chi connectivity index (χ2n) is 6.71. The van der Waals surface area contributed by atoms with Gasteiger partial charge in [0.25, 0.3) is 5.91 Å². The van der Waals surface area contributed by atoms with E-state index in [1.165, 1.54) is 24.3 Å². The van der Waals surface area contributed by atoms with Gasteiger partial charge in [0.15, 0.2) is 0 Å². The van der Waals surface area contributed by atoms with Crippen LogP contribution in [0.3, 0.4) is 0 Å². The van der Waals surface area contributed by atoms with Crippen molar-refractivity contribution in [3.63, 3.8) is 0 Å². The second-order valence-corrected chi connectivity index (χ2v) is 6.71. The van der Waals surface area contributed by atoms with Gasteiger partial charge in [-0.2, -0.15) is 5.10 Å². The Bertz CT molecular complexity index is 1180. The molecule has 0 unspecified atom stereocenters. The van der Waals surface area contributed by atoms with Gasteiger partial charge >= 0.3 is 0 Å². The van der Waals surface area contributed by atoms with Crippen LogP contribution in [0.2, 0.25) is 0 Å². The molecule has 1 amide bonds. The molecule has 0 aliphatic rings. The maximum absolute atomic E-state index is 13.2. The summed E-state index contributed by atoms with van der Waals surface area (Å²) in [4.78, 5) is 13.1. The molecule has 0 bridgehead atoms. The van der Waals surface area contributed by atoms with Gasteiger partial charge in [-0.3, -0.25) is 4.79 Å². The largest absolute Gasteiger partial charge is 0.497 e. The Morgan fingerprint density at radius 3 is 2.03 bits per heavy atom. The summed E-state index contributed by atoms with van der Waals surface area (Å²) in [5.74, 6) is 0.689. The molecule has 4 rings (SSSR count). The summed E-state index contributed by atoms with van der Waals surface area (Å²) in [6.45, 7) is 0. The number of methoxy groups -OCH3 is 2. The number of nitrogens with one attached hydrogen (secondary N) is 1. The third-order valence-corrected chi connectivity index (χ3v) is 4.75. The van der Waals surface area contributed by atoms with Gasteiger partial charge in [0.1, 0.15) is 23.0 Å². The molecule has 0 spiro atoms. The monoisotopic (exact) mass is 417 g/mol. The van der Waals surface area contributed by atoms with E-state index in [0.717, 1.165) is 11.3 Å². The van der Waals surface area contributed by atoms with Crippen molar-refractivity contribution in [2.75, 3.05) is 19.5 Å². The Morgan fingerprint density at radius 1 is 0.871 bits per heavy atom. The minimum absolute atomic E-state index is 0.334. The number of amides is 1. The van der Waals surface area contributed by atoms with E-state index in [0.29, 0.717) is 28.5 Å². The zero-order valence-corrected chi connectivity index (χ0v) is 17.0. The Labute approximate surface area is 178 Å². The number of anilines is 1. The van der Waals surface area contributed by atoms with E-state index in [1.54, 1.807) is 37.1 Å². The van der Waals surface area contributed by atoms with Crippen LogP contribution in [0.5, 0.6) is 11.5 Å². The Kier molecular flexibility index (Phi) is 5.66. The topological polar surface area (TPSA) is 65.4 Å². The molecular formula is C24H20FN3O3. The van der Waals surface area contributed by atoms with Crippen molar-refractivity contribution < 1.29 is 18.7 Å². The number of carbonyl (C=O) groups excluding carboxylic acids is 1. The number of carbonyl (C=O) groups is 1. The molecule has 1 N–H and O–H groups in total. The molecule has 0 atom stereocenters. The van der Waals surface area contributed by atoms with Crippen LogP contribution < -0.4 is 14.8 Å². The van der Waals surface area contributed by atoms with Crippen LogP contribution in [0, 0.1) is 5.82 Å². The summed E-state index contributed by atoms with van der Waals surface area (Å²) in [6, 6.07) is 22.0. The van der Waals surface area contributed by atoms with E-state index in [1.807, 2.05) is 36.4 Å². The standard InChI is InChI=1S/C24H20FN3O3/c1-30-20-11-3-16(4-12-20)22-15-23(24(29)26-18-7-5-17(25)6-8-18)28(27-22)19-9-13-21(31-2)14-10-19/h3-15H,1-2H3,(H,26,29). The maximum Gasteiger partial charge on any atom is 0.274 e. The van der Waals surface area contributed by atoms with Crippen LogP contribution in [0.1, 0.15) is 10.5 Å². The summed E-state index contributed by atoms with van der Waals surface area (Å²) >= 11 is 0. The highest BCUT2D eigenvalue weighted by Crippen LogP contribution is 2.25. The summed E-state index contributed by atoms with van der Waals surface area (Å²) in [5.41, 5.74) is 2.98. The predicted octanol–water partition coefficient (Wildman–Crippen LogP) is 4.95. The van der Waals surface area contributed by atoms with Gasteiger partial charge in [-0.25, -0.2) is 9.07 Å². The first-order chi connectivity index (χ1) is 15.1. The Balaban J connectivity index is 1.73. The number of ether oxygens (including phenoxy) is 2. The molecule has 1 heterocycles. The fourth-order valence-corrected chi connectivity index (χ4v) is 3.09. The highest BCUT2D eigenvalue weighted by Gasteiger charge is 2.18. The van der Waals surface area contributed by atoms with Crippen LogP contribution in [-0.4, -0.2) is 29.9 Å². The first-order valence-electron chi connectivity index (χ1n) is 9.53. The van der Waals surface area contributed by atoms with Gasteiger partial charge in [0.05, 0.1) is 25.6 Å². The predicted molar refractivity (Wildman–Crippen MR) is 116 cm³/mol. The lowest BCUT2D eigenvalue weighted by molar-refractivity contribution is 0.101. The number of rotatable bonds is 6. The fourth-order valence-electron chi connectivity index (χ4n) is 3.09. The van der Waals surface area contributed by atoms with Crippen LogP contribution >= 0.6 is 0 Å². The number of hydrogen-bond donors (Lipinski definition) is 1. The van der Waals surface area contributed by atoms with Crippen LogP contribution in [0.25, 0.3) is 16.9 Å². The highest BCUT2D eigenvalue weighted by molar-refractivity contribution is 6.04. The summed E-state index contributed by atoms with van der Waals surface area (Å²) in [7, 11) is 3.19. The van der Waals surface area contributed by atoms with Crippen molar-refractivity contribution >= 4 is 11.6 Å². The molecule has 0 aliphatic heterocycles. The first-order valence-corrected chi connectivity index (χ1v) is 9.53. The second kappa shape index (κ2) is 8.71. The molecule has 0 fully saturated rings. The Morgan fingerprint density at radius 2 is 1.45 bits per heavy atom. The summed E-state index contributed by atoms with van der Waals surface area (Å²) in [6.07, 6.45) is 0. The lowest BCUT2D eigenvalue weighted by Crippen LogP contribution is -2.17. The Hall–Kier alpha value is -4.13. The quantitative estimate of drug-likeness (QED) is 0.482. The maximum atomic E-state index is 13.2.